The fourth-order valence-corrected chi connectivity index (χ4v) is 30.7. The van der Waals surface area contributed by atoms with Gasteiger partial charge < -0.3 is 0 Å². The standard InChI is InChI=1S/C18H36O2S.2C10H20O2S.Sn/c1-5-9-12-15(8-4)14-20-18(19)17(21)16(11-7-3)13-10-6-2;2*1-3-5-6-9(4-2)7-12-10(11)8-13;/h15-17,21H,5-14H2,1-4H3;2*9,13H,3-8H2,1-2H3;/q;;;+3/p-3. The van der Waals surface area contributed by atoms with Gasteiger partial charge in [0.2, 0.25) is 0 Å². The second-order valence-corrected chi connectivity index (χ2v) is 37.0. The Kier molecular flexibility index (Phi) is 33.3. The molecule has 0 bridgehead atoms. The van der Waals surface area contributed by atoms with Gasteiger partial charge in [0.15, 0.2) is 0 Å². The summed E-state index contributed by atoms with van der Waals surface area (Å²) in [4.78, 5) is 39.8. The minimum atomic E-state index is -2.68. The first-order valence-electron chi connectivity index (χ1n) is 19.5. The van der Waals surface area contributed by atoms with Gasteiger partial charge in [-0.2, -0.15) is 0 Å². The van der Waals surface area contributed by atoms with Crippen LogP contribution in [0, 0.1) is 23.7 Å². The molecule has 0 heterocycles. The molecule has 1 radical (unpaired) electrons. The molecule has 283 valence electrons. The average Bonchev–Trinajstić information content (AvgIpc) is 3.09. The molecule has 0 aliphatic heterocycles. The first-order valence-corrected chi connectivity index (χ1v) is 32.8. The third-order valence-corrected chi connectivity index (χ3v) is 35.1. The van der Waals surface area contributed by atoms with Gasteiger partial charge >= 0.3 is 314 Å². The Morgan fingerprint density at radius 3 is 1.29 bits per heavy atom. The molecule has 5 atom stereocenters. The van der Waals surface area contributed by atoms with E-state index in [0.717, 1.165) is 109 Å². The van der Waals surface area contributed by atoms with Crippen LogP contribution in [0.1, 0.15) is 165 Å². The molecule has 0 aliphatic carbocycles. The van der Waals surface area contributed by atoms with Crippen molar-refractivity contribution >= 4 is 60.4 Å². The van der Waals surface area contributed by atoms with E-state index in [2.05, 4.69) is 55.4 Å². The average molecular weight is 841 g/mol. The topological polar surface area (TPSA) is 78.9 Å². The van der Waals surface area contributed by atoms with Gasteiger partial charge in [0, 0.05) is 0 Å². The third kappa shape index (κ3) is 24.4. The number of ether oxygens (including phenoxy) is 3. The molecule has 0 amide bonds. The van der Waals surface area contributed by atoms with E-state index in [-0.39, 0.29) is 40.6 Å². The SMILES string of the molecule is CCCCC(CC)COC(=O)C[S][Sn]([S]CC(=O)OCC(CC)CCCC)[S]C(C(=O)OCC(CC)CCCC)C(CCC)CCCC. The molecule has 10 heteroatoms. The van der Waals surface area contributed by atoms with Crippen LogP contribution < -0.4 is 0 Å². The molecule has 6 nitrogen and oxygen atoms in total. The third-order valence-electron chi connectivity index (χ3n) is 9.14. The van der Waals surface area contributed by atoms with Gasteiger partial charge in [-0.05, 0) is 0 Å². The predicted octanol–water partition coefficient (Wildman–Crippen LogP) is 11.4. The van der Waals surface area contributed by atoms with Crippen molar-refractivity contribution in [2.24, 2.45) is 23.7 Å². The number of esters is 3. The number of carbonyl (C=O) groups excluding carboxylic acids is 3. The molecule has 0 aromatic heterocycles. The van der Waals surface area contributed by atoms with Gasteiger partial charge in [-0.15, -0.1) is 0 Å². The van der Waals surface area contributed by atoms with Crippen LogP contribution in [0.25, 0.3) is 0 Å². The summed E-state index contributed by atoms with van der Waals surface area (Å²) < 4.78 is 17.6. The summed E-state index contributed by atoms with van der Waals surface area (Å²) in [5, 5.41) is -0.265. The van der Waals surface area contributed by atoms with Crippen molar-refractivity contribution in [1.29, 1.82) is 0 Å². The van der Waals surface area contributed by atoms with E-state index in [1.54, 1.807) is 26.8 Å². The van der Waals surface area contributed by atoms with E-state index in [4.69, 9.17) is 14.2 Å². The Hall–Kier alpha value is 0.259. The molecule has 0 rings (SSSR count). The molecule has 0 saturated heterocycles. The Morgan fingerprint density at radius 2 is 0.917 bits per heavy atom. The summed E-state index contributed by atoms with van der Waals surface area (Å²) in [7, 11) is 5.10. The fraction of sp³-hybridized carbons (Fsp3) is 0.921. The zero-order valence-electron chi connectivity index (χ0n) is 32.1. The Morgan fingerprint density at radius 1 is 0.521 bits per heavy atom. The van der Waals surface area contributed by atoms with Gasteiger partial charge in [-0.3, -0.25) is 0 Å². The van der Waals surface area contributed by atoms with Crippen molar-refractivity contribution in [3.05, 3.63) is 0 Å². The van der Waals surface area contributed by atoms with Crippen molar-refractivity contribution in [2.45, 2.75) is 170 Å². The van der Waals surface area contributed by atoms with Gasteiger partial charge in [0.05, 0.1) is 0 Å². The Bertz CT molecular complexity index is 768. The van der Waals surface area contributed by atoms with Gasteiger partial charge in [-0.25, -0.2) is 0 Å². The molecular formula is C38H73O6S3Sn. The van der Waals surface area contributed by atoms with E-state index in [0.29, 0.717) is 37.6 Å². The van der Waals surface area contributed by atoms with Crippen LogP contribution in [0.3, 0.4) is 0 Å². The normalized spacial score (nSPS) is 14.7. The molecule has 0 N–H and O–H groups in total. The summed E-state index contributed by atoms with van der Waals surface area (Å²) in [5.74, 6) is 1.49. The van der Waals surface area contributed by atoms with E-state index in [1.165, 1.54) is 0 Å². The number of unbranched alkanes of at least 4 members (excludes halogenated alkanes) is 4. The summed E-state index contributed by atoms with van der Waals surface area (Å²) in [6.45, 7) is 18.9. The van der Waals surface area contributed by atoms with Crippen molar-refractivity contribution in [2.75, 3.05) is 31.3 Å². The van der Waals surface area contributed by atoms with Crippen LogP contribution in [0.15, 0.2) is 0 Å². The molecular weight excluding hydrogens is 767 g/mol. The van der Waals surface area contributed by atoms with Crippen LogP contribution in [0.5, 0.6) is 0 Å². The van der Waals surface area contributed by atoms with Crippen molar-refractivity contribution < 1.29 is 28.6 Å². The monoisotopic (exact) mass is 841 g/mol. The van der Waals surface area contributed by atoms with E-state index >= 15 is 0 Å². The molecule has 0 fully saturated rings. The van der Waals surface area contributed by atoms with Crippen molar-refractivity contribution in [3.63, 3.8) is 0 Å². The van der Waals surface area contributed by atoms with Crippen LogP contribution in [-0.4, -0.2) is 70.1 Å². The van der Waals surface area contributed by atoms with Gasteiger partial charge in [0.1, 0.15) is 0 Å². The molecule has 5 unspecified atom stereocenters. The molecule has 0 spiro atoms. The predicted molar refractivity (Wildman–Crippen MR) is 213 cm³/mol. The zero-order chi connectivity index (χ0) is 36.0. The minimum absolute atomic E-state index is 0.0996. The number of carbonyl (C=O) groups is 3. The number of hydrogen-bond acceptors (Lipinski definition) is 9. The van der Waals surface area contributed by atoms with E-state index in [9.17, 15) is 14.4 Å². The maximum atomic E-state index is 13.9. The quantitative estimate of drug-likeness (QED) is 0.0365. The van der Waals surface area contributed by atoms with E-state index in [1.807, 2.05) is 0 Å². The Balaban J connectivity index is 5.84. The summed E-state index contributed by atoms with van der Waals surface area (Å²) in [5.41, 5.74) is 0. The van der Waals surface area contributed by atoms with Gasteiger partial charge in [-0.1, -0.05) is 0 Å². The van der Waals surface area contributed by atoms with Crippen LogP contribution in [0.2, 0.25) is 0 Å². The van der Waals surface area contributed by atoms with Crippen molar-refractivity contribution in [1.82, 2.24) is 0 Å². The maximum absolute atomic E-state index is 13.9. The molecule has 0 aromatic rings. The zero-order valence-corrected chi connectivity index (χ0v) is 37.4. The first-order chi connectivity index (χ1) is 23.2. The second kappa shape index (κ2) is 33.1. The van der Waals surface area contributed by atoms with Crippen LogP contribution in [-0.2, 0) is 28.6 Å². The number of hydrogen-bond donors (Lipinski definition) is 0. The first kappa shape index (κ1) is 48.3. The van der Waals surface area contributed by atoms with E-state index < -0.39 is 15.6 Å². The van der Waals surface area contributed by atoms with Crippen LogP contribution >= 0.6 is 26.8 Å². The van der Waals surface area contributed by atoms with Crippen molar-refractivity contribution in [3.8, 4) is 0 Å². The fourth-order valence-electron chi connectivity index (χ4n) is 5.55. The second-order valence-electron chi connectivity index (χ2n) is 13.3. The summed E-state index contributed by atoms with van der Waals surface area (Å²) in [6.07, 6.45) is 18.3. The Labute approximate surface area is 311 Å². The molecule has 0 saturated carbocycles. The number of rotatable bonds is 33. The molecule has 0 aromatic carbocycles. The summed E-state index contributed by atoms with van der Waals surface area (Å²) >= 11 is -2.68. The summed E-state index contributed by atoms with van der Waals surface area (Å²) in [6, 6.07) is 0. The molecule has 0 aliphatic rings. The molecule has 48 heavy (non-hydrogen) atoms. The van der Waals surface area contributed by atoms with Gasteiger partial charge in [0.25, 0.3) is 0 Å². The van der Waals surface area contributed by atoms with Crippen LogP contribution in [0.4, 0.5) is 0 Å².